The largest absolute Gasteiger partial charge is 0.389 e. The molecular weight excluding hydrogens is 299 g/mol. The molecule has 0 saturated carbocycles. The van der Waals surface area contributed by atoms with Gasteiger partial charge in [-0.3, -0.25) is 4.90 Å². The number of alkyl halides is 1. The third-order valence-electron chi connectivity index (χ3n) is 4.97. The van der Waals surface area contributed by atoms with E-state index in [2.05, 4.69) is 4.90 Å². The van der Waals surface area contributed by atoms with Crippen molar-refractivity contribution in [2.75, 3.05) is 37.6 Å². The summed E-state index contributed by atoms with van der Waals surface area (Å²) in [6.45, 7) is 1.90. The predicted octanol–water partition coefficient (Wildman–Crippen LogP) is 0.393. The van der Waals surface area contributed by atoms with Crippen LogP contribution in [0.5, 0.6) is 0 Å². The third kappa shape index (κ3) is 3.83. The van der Waals surface area contributed by atoms with E-state index in [1.807, 2.05) is 30.3 Å². The number of likely N-dealkylation sites (tertiary alicyclic amines) is 1. The Morgan fingerprint density at radius 2 is 1.57 bits per heavy atom. The zero-order valence-electron chi connectivity index (χ0n) is 13.2. The number of β-amino-alcohol motifs (C(OH)–C–C–N with tert-alkyl or cyclic N) is 2. The second-order valence-corrected chi connectivity index (χ2v) is 6.79. The number of nitrogens with zero attached hydrogens (tertiary/aromatic N) is 2. The first-order valence-electron chi connectivity index (χ1n) is 8.22. The lowest BCUT2D eigenvalue weighted by atomic mass is 9.91. The van der Waals surface area contributed by atoms with Gasteiger partial charge < -0.3 is 20.2 Å². The lowest BCUT2D eigenvalue weighted by molar-refractivity contribution is -0.118. The first-order chi connectivity index (χ1) is 11.0. The molecule has 1 aromatic carbocycles. The summed E-state index contributed by atoms with van der Waals surface area (Å²) >= 11 is 0. The quantitative estimate of drug-likeness (QED) is 0.751. The van der Waals surface area contributed by atoms with Gasteiger partial charge in [-0.1, -0.05) is 18.2 Å². The van der Waals surface area contributed by atoms with Crippen molar-refractivity contribution in [1.82, 2.24) is 4.90 Å². The lowest BCUT2D eigenvalue weighted by Crippen LogP contribution is -2.58. The Morgan fingerprint density at radius 1 is 1.00 bits per heavy atom. The fourth-order valence-corrected chi connectivity index (χ4v) is 3.57. The monoisotopic (exact) mass is 324 g/mol. The van der Waals surface area contributed by atoms with Crippen LogP contribution in [0.3, 0.4) is 0 Å². The van der Waals surface area contributed by atoms with E-state index in [9.17, 15) is 15.3 Å². The number of aliphatic hydroxyl groups excluding tert-OH is 3. The van der Waals surface area contributed by atoms with Crippen LogP contribution in [0, 0.1) is 0 Å². The van der Waals surface area contributed by atoms with Gasteiger partial charge in [-0.15, -0.1) is 0 Å². The highest BCUT2D eigenvalue weighted by Crippen LogP contribution is 2.31. The standard InChI is InChI=1S/C17H25FN2O3/c18-17(12-19-10-14(21)16(23)15(22)11-19)6-8-20(9-7-17)13-4-2-1-3-5-13/h1-5,14-16,21-23H,6-12H2/t14-,15+,16+. The summed E-state index contributed by atoms with van der Waals surface area (Å²) in [4.78, 5) is 3.90. The van der Waals surface area contributed by atoms with E-state index >= 15 is 4.39 Å². The summed E-state index contributed by atoms with van der Waals surface area (Å²) in [6.07, 6.45) is -2.33. The predicted molar refractivity (Wildman–Crippen MR) is 86.2 cm³/mol. The number of anilines is 1. The summed E-state index contributed by atoms with van der Waals surface area (Å²) in [5.74, 6) is 0. The second kappa shape index (κ2) is 6.73. The Labute approximate surface area is 136 Å². The SMILES string of the molecule is O[C@H]1[C@H](O)CN(CC2(F)CCN(c3ccccc3)CC2)C[C@@H]1O. The van der Waals surface area contributed by atoms with Crippen LogP contribution in [0.4, 0.5) is 10.1 Å². The van der Waals surface area contributed by atoms with Crippen LogP contribution in [-0.2, 0) is 0 Å². The van der Waals surface area contributed by atoms with Gasteiger partial charge in [0.2, 0.25) is 0 Å². The smallest absolute Gasteiger partial charge is 0.127 e. The summed E-state index contributed by atoms with van der Waals surface area (Å²) in [5, 5.41) is 29.0. The van der Waals surface area contributed by atoms with Gasteiger partial charge in [0.15, 0.2) is 0 Å². The summed E-state index contributed by atoms with van der Waals surface area (Å²) < 4.78 is 15.1. The molecule has 6 heteroatoms. The van der Waals surface area contributed by atoms with Gasteiger partial charge in [0.05, 0.1) is 12.2 Å². The van der Waals surface area contributed by atoms with Crippen LogP contribution in [0.2, 0.25) is 0 Å². The van der Waals surface area contributed by atoms with Gasteiger partial charge in [0, 0.05) is 51.3 Å². The highest BCUT2D eigenvalue weighted by Gasteiger charge is 2.40. The molecule has 3 atom stereocenters. The molecule has 2 saturated heterocycles. The average molecular weight is 324 g/mol. The fraction of sp³-hybridized carbons (Fsp3) is 0.647. The number of para-hydroxylation sites is 1. The number of aliphatic hydroxyl groups is 3. The fourth-order valence-electron chi connectivity index (χ4n) is 3.57. The maximum Gasteiger partial charge on any atom is 0.127 e. The lowest BCUT2D eigenvalue weighted by Gasteiger charge is -2.43. The van der Waals surface area contributed by atoms with Crippen LogP contribution in [-0.4, -0.2) is 76.9 Å². The van der Waals surface area contributed by atoms with Gasteiger partial charge in [-0.05, 0) is 12.1 Å². The summed E-state index contributed by atoms with van der Waals surface area (Å²) in [5.41, 5.74) is -0.200. The van der Waals surface area contributed by atoms with Crippen molar-refractivity contribution >= 4 is 5.69 Å². The van der Waals surface area contributed by atoms with Gasteiger partial charge in [-0.25, -0.2) is 4.39 Å². The molecule has 0 bridgehead atoms. The molecule has 0 aliphatic carbocycles. The van der Waals surface area contributed by atoms with Crippen molar-refractivity contribution in [3.8, 4) is 0 Å². The molecule has 0 spiro atoms. The number of hydrogen-bond acceptors (Lipinski definition) is 5. The highest BCUT2D eigenvalue weighted by molar-refractivity contribution is 5.46. The molecule has 2 aliphatic heterocycles. The molecule has 1 aromatic rings. The Morgan fingerprint density at radius 3 is 2.13 bits per heavy atom. The van der Waals surface area contributed by atoms with Crippen LogP contribution in [0.15, 0.2) is 30.3 Å². The molecule has 0 aromatic heterocycles. The van der Waals surface area contributed by atoms with E-state index in [1.165, 1.54) is 0 Å². The molecule has 23 heavy (non-hydrogen) atoms. The van der Waals surface area contributed by atoms with Crippen LogP contribution < -0.4 is 4.90 Å². The van der Waals surface area contributed by atoms with Crippen molar-refractivity contribution in [1.29, 1.82) is 0 Å². The van der Waals surface area contributed by atoms with E-state index in [1.54, 1.807) is 4.90 Å². The zero-order valence-corrected chi connectivity index (χ0v) is 13.2. The number of hydrogen-bond donors (Lipinski definition) is 3. The molecule has 3 rings (SSSR count). The van der Waals surface area contributed by atoms with Crippen molar-refractivity contribution in [3.05, 3.63) is 30.3 Å². The van der Waals surface area contributed by atoms with Gasteiger partial charge in [0.1, 0.15) is 11.8 Å². The Balaban J connectivity index is 1.55. The Kier molecular flexibility index (Phi) is 4.87. The van der Waals surface area contributed by atoms with E-state index in [-0.39, 0.29) is 19.6 Å². The Hall–Kier alpha value is -1.21. The summed E-state index contributed by atoms with van der Waals surface area (Å²) in [7, 11) is 0. The van der Waals surface area contributed by atoms with E-state index in [0.717, 1.165) is 5.69 Å². The molecular formula is C17H25FN2O3. The minimum Gasteiger partial charge on any atom is -0.389 e. The molecule has 128 valence electrons. The molecule has 2 fully saturated rings. The number of rotatable bonds is 3. The van der Waals surface area contributed by atoms with E-state index in [4.69, 9.17) is 0 Å². The average Bonchev–Trinajstić information content (AvgIpc) is 2.54. The Bertz CT molecular complexity index is 496. The van der Waals surface area contributed by atoms with Crippen molar-refractivity contribution in [3.63, 3.8) is 0 Å². The minimum absolute atomic E-state index is 0.191. The second-order valence-electron chi connectivity index (χ2n) is 6.79. The molecule has 2 aliphatic rings. The molecule has 0 radical (unpaired) electrons. The topological polar surface area (TPSA) is 67.2 Å². The molecule has 0 amide bonds. The van der Waals surface area contributed by atoms with E-state index in [0.29, 0.717) is 25.9 Å². The van der Waals surface area contributed by atoms with Gasteiger partial charge in [-0.2, -0.15) is 0 Å². The normalized spacial score (nSPS) is 32.0. The van der Waals surface area contributed by atoms with Crippen LogP contribution in [0.1, 0.15) is 12.8 Å². The third-order valence-corrected chi connectivity index (χ3v) is 4.97. The number of benzene rings is 1. The maximum absolute atomic E-state index is 15.1. The first-order valence-corrected chi connectivity index (χ1v) is 8.22. The highest BCUT2D eigenvalue weighted by atomic mass is 19.1. The maximum atomic E-state index is 15.1. The molecule has 0 unspecified atom stereocenters. The van der Waals surface area contributed by atoms with Crippen molar-refractivity contribution < 1.29 is 19.7 Å². The summed E-state index contributed by atoms with van der Waals surface area (Å²) in [6, 6.07) is 9.99. The van der Waals surface area contributed by atoms with Gasteiger partial charge >= 0.3 is 0 Å². The van der Waals surface area contributed by atoms with E-state index < -0.39 is 24.0 Å². The molecule has 2 heterocycles. The molecule has 3 N–H and O–H groups in total. The number of halogens is 1. The number of piperidine rings is 2. The minimum atomic E-state index is -1.31. The van der Waals surface area contributed by atoms with Gasteiger partial charge in [0.25, 0.3) is 0 Å². The molecule has 5 nitrogen and oxygen atoms in total. The van der Waals surface area contributed by atoms with Crippen molar-refractivity contribution in [2.45, 2.75) is 36.8 Å². The zero-order chi connectivity index (χ0) is 16.4. The van der Waals surface area contributed by atoms with Crippen molar-refractivity contribution in [2.24, 2.45) is 0 Å². The van der Waals surface area contributed by atoms with Crippen LogP contribution >= 0.6 is 0 Å². The first kappa shape index (κ1) is 16.6. The van der Waals surface area contributed by atoms with Crippen LogP contribution in [0.25, 0.3) is 0 Å².